The second kappa shape index (κ2) is 5.85. The van der Waals surface area contributed by atoms with Crippen molar-refractivity contribution in [2.24, 2.45) is 5.92 Å². The molecule has 2 saturated carbocycles. The van der Waals surface area contributed by atoms with E-state index in [2.05, 4.69) is 17.6 Å². The fraction of sp³-hybridized carbons (Fsp3) is 0.923. The molecule has 2 nitrogen and oxygen atoms in total. The van der Waals surface area contributed by atoms with Crippen molar-refractivity contribution in [1.29, 1.82) is 0 Å². The van der Waals surface area contributed by atoms with E-state index in [4.69, 9.17) is 12.2 Å². The molecule has 0 unspecified atom stereocenters. The van der Waals surface area contributed by atoms with E-state index in [1.54, 1.807) is 0 Å². The molecule has 2 rings (SSSR count). The number of nitrogens with one attached hydrogen (secondary N) is 2. The maximum atomic E-state index is 5.40. The minimum absolute atomic E-state index is 0.607. The molecular formula is C13H24N2S. The van der Waals surface area contributed by atoms with Gasteiger partial charge in [-0.3, -0.25) is 0 Å². The summed E-state index contributed by atoms with van der Waals surface area (Å²) in [6.07, 6.45) is 10.7. The van der Waals surface area contributed by atoms with Gasteiger partial charge in [-0.05, 0) is 43.8 Å². The van der Waals surface area contributed by atoms with Gasteiger partial charge in [0.05, 0.1) is 0 Å². The summed E-state index contributed by atoms with van der Waals surface area (Å²) in [7, 11) is 0. The molecule has 0 aromatic heterocycles. The van der Waals surface area contributed by atoms with Gasteiger partial charge in [-0.15, -0.1) is 0 Å². The molecule has 0 bridgehead atoms. The Bertz CT molecular complexity index is 236. The van der Waals surface area contributed by atoms with Gasteiger partial charge in [-0.25, -0.2) is 0 Å². The van der Waals surface area contributed by atoms with Gasteiger partial charge in [0, 0.05) is 12.1 Å². The third-order valence-electron chi connectivity index (χ3n) is 4.12. The normalized spacial score (nSPS) is 31.3. The maximum Gasteiger partial charge on any atom is 0.166 e. The highest BCUT2D eigenvalue weighted by Crippen LogP contribution is 2.24. The van der Waals surface area contributed by atoms with Gasteiger partial charge in [0.15, 0.2) is 5.11 Å². The summed E-state index contributed by atoms with van der Waals surface area (Å²) in [6, 6.07) is 1.24. The van der Waals surface area contributed by atoms with Gasteiger partial charge in [0.1, 0.15) is 0 Å². The van der Waals surface area contributed by atoms with Crippen LogP contribution < -0.4 is 10.6 Å². The monoisotopic (exact) mass is 240 g/mol. The van der Waals surface area contributed by atoms with Gasteiger partial charge in [0.2, 0.25) is 0 Å². The van der Waals surface area contributed by atoms with E-state index in [0.29, 0.717) is 12.1 Å². The molecular weight excluding hydrogens is 216 g/mol. The second-order valence-electron chi connectivity index (χ2n) is 5.47. The smallest absolute Gasteiger partial charge is 0.166 e. The van der Waals surface area contributed by atoms with E-state index in [9.17, 15) is 0 Å². The highest BCUT2D eigenvalue weighted by atomic mass is 32.1. The lowest BCUT2D eigenvalue weighted by Crippen LogP contribution is -2.48. The third kappa shape index (κ3) is 3.34. The van der Waals surface area contributed by atoms with E-state index < -0.39 is 0 Å². The Hall–Kier alpha value is -0.310. The first-order chi connectivity index (χ1) is 7.75. The summed E-state index contributed by atoms with van der Waals surface area (Å²) >= 11 is 5.40. The quantitative estimate of drug-likeness (QED) is 0.726. The SMILES string of the molecule is C[C@H]1CCCC[C@@H]1NC(=S)NC1CCCC1. The molecule has 0 aliphatic heterocycles. The van der Waals surface area contributed by atoms with E-state index in [1.165, 1.54) is 51.4 Å². The maximum absolute atomic E-state index is 5.40. The van der Waals surface area contributed by atoms with Crippen molar-refractivity contribution < 1.29 is 0 Å². The van der Waals surface area contributed by atoms with Crippen LogP contribution in [0.25, 0.3) is 0 Å². The average molecular weight is 240 g/mol. The molecule has 2 N–H and O–H groups in total. The first-order valence-corrected chi connectivity index (χ1v) is 7.23. The van der Waals surface area contributed by atoms with Crippen LogP contribution in [0.15, 0.2) is 0 Å². The predicted molar refractivity (Wildman–Crippen MR) is 72.5 cm³/mol. The van der Waals surface area contributed by atoms with Crippen molar-refractivity contribution in [1.82, 2.24) is 10.6 Å². The van der Waals surface area contributed by atoms with Gasteiger partial charge in [-0.1, -0.05) is 32.6 Å². The zero-order valence-electron chi connectivity index (χ0n) is 10.3. The first-order valence-electron chi connectivity index (χ1n) is 6.83. The number of hydrogen-bond donors (Lipinski definition) is 2. The van der Waals surface area contributed by atoms with E-state index in [1.807, 2.05) is 0 Å². The zero-order chi connectivity index (χ0) is 11.4. The fourth-order valence-electron chi connectivity index (χ4n) is 3.00. The molecule has 0 amide bonds. The van der Waals surface area contributed by atoms with Gasteiger partial charge >= 0.3 is 0 Å². The highest BCUT2D eigenvalue weighted by Gasteiger charge is 2.22. The molecule has 0 saturated heterocycles. The van der Waals surface area contributed by atoms with Crippen LogP contribution in [0.2, 0.25) is 0 Å². The number of rotatable bonds is 2. The van der Waals surface area contributed by atoms with Crippen LogP contribution >= 0.6 is 12.2 Å². The van der Waals surface area contributed by atoms with Crippen LogP contribution in [0.3, 0.4) is 0 Å². The van der Waals surface area contributed by atoms with Crippen molar-refractivity contribution in [3.8, 4) is 0 Å². The van der Waals surface area contributed by atoms with Crippen molar-refractivity contribution in [2.45, 2.75) is 70.4 Å². The molecule has 2 fully saturated rings. The standard InChI is InChI=1S/C13H24N2S/c1-10-6-2-5-9-12(10)15-13(16)14-11-7-3-4-8-11/h10-12H,2-9H2,1H3,(H2,14,15,16)/t10-,12-/m0/s1. The van der Waals surface area contributed by atoms with Gasteiger partial charge in [-0.2, -0.15) is 0 Å². The Kier molecular flexibility index (Phi) is 4.45. The van der Waals surface area contributed by atoms with Crippen LogP contribution in [0, 0.1) is 5.92 Å². The lowest BCUT2D eigenvalue weighted by atomic mass is 9.86. The Labute approximate surface area is 105 Å². The Balaban J connectivity index is 1.72. The Morgan fingerprint density at radius 1 is 0.938 bits per heavy atom. The van der Waals surface area contributed by atoms with E-state index in [-0.39, 0.29) is 0 Å². The second-order valence-corrected chi connectivity index (χ2v) is 5.88. The number of hydrogen-bond acceptors (Lipinski definition) is 1. The molecule has 16 heavy (non-hydrogen) atoms. The van der Waals surface area contributed by atoms with E-state index in [0.717, 1.165) is 11.0 Å². The molecule has 2 aliphatic carbocycles. The largest absolute Gasteiger partial charge is 0.360 e. The lowest BCUT2D eigenvalue weighted by Gasteiger charge is -2.31. The van der Waals surface area contributed by atoms with Crippen LogP contribution in [-0.2, 0) is 0 Å². The van der Waals surface area contributed by atoms with Crippen LogP contribution in [-0.4, -0.2) is 17.2 Å². The zero-order valence-corrected chi connectivity index (χ0v) is 11.1. The van der Waals surface area contributed by atoms with Crippen molar-refractivity contribution in [3.63, 3.8) is 0 Å². The fourth-order valence-corrected chi connectivity index (χ4v) is 3.31. The molecule has 0 heterocycles. The minimum atomic E-state index is 0.607. The number of thiocarbonyl (C=S) groups is 1. The molecule has 3 heteroatoms. The molecule has 0 aromatic rings. The predicted octanol–water partition coefficient (Wildman–Crippen LogP) is 2.97. The summed E-state index contributed by atoms with van der Waals surface area (Å²) in [5.74, 6) is 0.775. The molecule has 2 aliphatic rings. The summed E-state index contributed by atoms with van der Waals surface area (Å²) < 4.78 is 0. The molecule has 2 atom stereocenters. The van der Waals surface area contributed by atoms with Crippen molar-refractivity contribution in [2.75, 3.05) is 0 Å². The summed E-state index contributed by atoms with van der Waals surface area (Å²) in [5.41, 5.74) is 0. The molecule has 0 aromatic carbocycles. The van der Waals surface area contributed by atoms with Gasteiger partial charge < -0.3 is 10.6 Å². The van der Waals surface area contributed by atoms with Crippen molar-refractivity contribution in [3.05, 3.63) is 0 Å². The molecule has 0 radical (unpaired) electrons. The van der Waals surface area contributed by atoms with E-state index >= 15 is 0 Å². The van der Waals surface area contributed by atoms with Gasteiger partial charge in [0.25, 0.3) is 0 Å². The van der Waals surface area contributed by atoms with Crippen LogP contribution in [0.5, 0.6) is 0 Å². The van der Waals surface area contributed by atoms with Crippen LogP contribution in [0.1, 0.15) is 58.3 Å². The first kappa shape index (κ1) is 12.2. The third-order valence-corrected chi connectivity index (χ3v) is 4.35. The summed E-state index contributed by atoms with van der Waals surface area (Å²) in [4.78, 5) is 0. The Morgan fingerprint density at radius 3 is 2.25 bits per heavy atom. The average Bonchev–Trinajstić information content (AvgIpc) is 2.74. The van der Waals surface area contributed by atoms with Crippen molar-refractivity contribution >= 4 is 17.3 Å². The Morgan fingerprint density at radius 2 is 1.56 bits per heavy atom. The topological polar surface area (TPSA) is 24.1 Å². The highest BCUT2D eigenvalue weighted by molar-refractivity contribution is 7.80. The summed E-state index contributed by atoms with van der Waals surface area (Å²) in [5, 5.41) is 7.88. The molecule has 92 valence electrons. The molecule has 0 spiro atoms. The lowest BCUT2D eigenvalue weighted by molar-refractivity contribution is 0.307. The van der Waals surface area contributed by atoms with Crippen LogP contribution in [0.4, 0.5) is 0 Å². The summed E-state index contributed by atoms with van der Waals surface area (Å²) in [6.45, 7) is 2.34. The minimum Gasteiger partial charge on any atom is -0.360 e.